The number of carbonyl (C=O) groups excluding carboxylic acids is 1. The summed E-state index contributed by atoms with van der Waals surface area (Å²) in [6.45, 7) is 1.24. The number of aromatic nitrogens is 2. The van der Waals surface area contributed by atoms with E-state index >= 15 is 0 Å². The Balaban J connectivity index is 1.43. The summed E-state index contributed by atoms with van der Waals surface area (Å²) in [5.41, 5.74) is 8.26. The fourth-order valence-corrected chi connectivity index (χ4v) is 3.27. The summed E-state index contributed by atoms with van der Waals surface area (Å²) in [4.78, 5) is 20.8. The van der Waals surface area contributed by atoms with E-state index in [2.05, 4.69) is 57.8 Å². The number of nitrogens with two attached hydrogens (primary N) is 1. The van der Waals surface area contributed by atoms with Crippen LogP contribution >= 0.6 is 31.9 Å². The molecule has 30 heavy (non-hydrogen) atoms. The van der Waals surface area contributed by atoms with Gasteiger partial charge in [-0.25, -0.2) is 4.98 Å². The van der Waals surface area contributed by atoms with Crippen LogP contribution in [0, 0.1) is 0 Å². The minimum absolute atomic E-state index is 0.00848. The van der Waals surface area contributed by atoms with Crippen LogP contribution in [0.5, 0.6) is 0 Å². The van der Waals surface area contributed by atoms with Crippen LogP contribution in [0.4, 0.5) is 23.1 Å². The molecule has 2 aromatic carbocycles. The smallest absolute Gasteiger partial charge is 0.229 e. The lowest BCUT2D eigenvalue weighted by molar-refractivity contribution is -0.120. The standard InChI is InChI=1S/C21H22Br2N6O/c22-15-7-5-14(6-8-15)11-19(30)25-9-2-10-26-20-18(23)13-27-21(29-20)28-17-4-1-3-16(24)12-17/h1,3-8,12-13H,2,9-11,24H2,(H,25,30)(H2,26,27,28,29). The maximum atomic E-state index is 12.0. The zero-order valence-electron chi connectivity index (χ0n) is 16.2. The Labute approximate surface area is 192 Å². The predicted octanol–water partition coefficient (Wildman–Crippen LogP) is 4.49. The number of anilines is 4. The third-order valence-corrected chi connectivity index (χ3v) is 5.24. The van der Waals surface area contributed by atoms with E-state index in [-0.39, 0.29) is 5.91 Å². The van der Waals surface area contributed by atoms with Gasteiger partial charge in [0.2, 0.25) is 11.9 Å². The Morgan fingerprint density at radius 2 is 1.87 bits per heavy atom. The number of carbonyl (C=O) groups is 1. The minimum atomic E-state index is 0.00848. The highest BCUT2D eigenvalue weighted by molar-refractivity contribution is 9.10. The molecule has 3 aromatic rings. The minimum Gasteiger partial charge on any atom is -0.399 e. The number of amides is 1. The molecule has 9 heteroatoms. The SMILES string of the molecule is Nc1cccc(Nc2ncc(Br)c(NCCCNC(=O)Cc3ccc(Br)cc3)n2)c1. The molecule has 7 nitrogen and oxygen atoms in total. The number of halogens is 2. The molecule has 0 saturated carbocycles. The number of rotatable bonds is 9. The zero-order valence-corrected chi connectivity index (χ0v) is 19.3. The molecule has 0 radical (unpaired) electrons. The lowest BCUT2D eigenvalue weighted by Gasteiger charge is -2.11. The van der Waals surface area contributed by atoms with Crippen molar-refractivity contribution in [1.29, 1.82) is 0 Å². The zero-order chi connectivity index (χ0) is 21.3. The molecule has 0 spiro atoms. The molecule has 1 aromatic heterocycles. The summed E-state index contributed by atoms with van der Waals surface area (Å²) in [7, 11) is 0. The fraction of sp³-hybridized carbons (Fsp3) is 0.190. The molecule has 3 rings (SSSR count). The molecule has 0 unspecified atom stereocenters. The maximum Gasteiger partial charge on any atom is 0.229 e. The van der Waals surface area contributed by atoms with E-state index in [1.54, 1.807) is 6.20 Å². The molecule has 0 aliphatic heterocycles. The van der Waals surface area contributed by atoms with Gasteiger partial charge in [0, 0.05) is 35.1 Å². The van der Waals surface area contributed by atoms with Gasteiger partial charge < -0.3 is 21.7 Å². The fourth-order valence-electron chi connectivity index (χ4n) is 2.67. The first-order chi connectivity index (χ1) is 14.5. The monoisotopic (exact) mass is 532 g/mol. The summed E-state index contributed by atoms with van der Waals surface area (Å²) in [5, 5.41) is 9.33. The van der Waals surface area contributed by atoms with E-state index < -0.39 is 0 Å². The van der Waals surface area contributed by atoms with Crippen LogP contribution in [0.25, 0.3) is 0 Å². The van der Waals surface area contributed by atoms with Gasteiger partial charge in [0.15, 0.2) is 0 Å². The van der Waals surface area contributed by atoms with Crippen LogP contribution in [-0.4, -0.2) is 29.0 Å². The highest BCUT2D eigenvalue weighted by atomic mass is 79.9. The molecular weight excluding hydrogens is 512 g/mol. The third-order valence-electron chi connectivity index (χ3n) is 4.13. The molecular formula is C21H22Br2N6O. The van der Waals surface area contributed by atoms with Crippen molar-refractivity contribution in [3.8, 4) is 0 Å². The van der Waals surface area contributed by atoms with Crippen molar-refractivity contribution in [1.82, 2.24) is 15.3 Å². The summed E-state index contributed by atoms with van der Waals surface area (Å²) in [6, 6.07) is 15.1. The van der Waals surface area contributed by atoms with Crippen molar-refractivity contribution >= 4 is 60.9 Å². The molecule has 0 aliphatic rings. The van der Waals surface area contributed by atoms with Gasteiger partial charge in [0.25, 0.3) is 0 Å². The molecule has 0 saturated heterocycles. The second-order valence-electron chi connectivity index (χ2n) is 6.57. The van der Waals surface area contributed by atoms with Crippen molar-refractivity contribution in [2.45, 2.75) is 12.8 Å². The average molecular weight is 534 g/mol. The molecule has 156 valence electrons. The second-order valence-corrected chi connectivity index (χ2v) is 8.34. The number of nitrogens with zero attached hydrogens (tertiary/aromatic N) is 2. The molecule has 0 fully saturated rings. The summed E-state index contributed by atoms with van der Waals surface area (Å²) in [6.07, 6.45) is 2.82. The van der Waals surface area contributed by atoms with Crippen LogP contribution < -0.4 is 21.7 Å². The highest BCUT2D eigenvalue weighted by Gasteiger charge is 2.06. The Morgan fingerprint density at radius 1 is 1.07 bits per heavy atom. The van der Waals surface area contributed by atoms with Gasteiger partial charge in [-0.1, -0.05) is 34.1 Å². The van der Waals surface area contributed by atoms with E-state index in [9.17, 15) is 4.79 Å². The van der Waals surface area contributed by atoms with Crippen molar-refractivity contribution in [2.24, 2.45) is 0 Å². The van der Waals surface area contributed by atoms with Crippen molar-refractivity contribution in [3.63, 3.8) is 0 Å². The molecule has 5 N–H and O–H groups in total. The molecule has 0 bridgehead atoms. The summed E-state index contributed by atoms with van der Waals surface area (Å²) in [5.74, 6) is 1.15. The first kappa shape index (κ1) is 22.0. The Kier molecular flexibility index (Phi) is 8.04. The predicted molar refractivity (Wildman–Crippen MR) is 128 cm³/mol. The van der Waals surface area contributed by atoms with Gasteiger partial charge in [-0.2, -0.15) is 4.98 Å². The van der Waals surface area contributed by atoms with Gasteiger partial charge in [0.05, 0.1) is 10.9 Å². The summed E-state index contributed by atoms with van der Waals surface area (Å²) < 4.78 is 1.76. The van der Waals surface area contributed by atoms with E-state index in [0.717, 1.165) is 26.6 Å². The van der Waals surface area contributed by atoms with Crippen LogP contribution in [0.2, 0.25) is 0 Å². The lowest BCUT2D eigenvalue weighted by Crippen LogP contribution is -2.27. The number of benzene rings is 2. The number of hydrogen-bond donors (Lipinski definition) is 4. The van der Waals surface area contributed by atoms with Gasteiger partial charge >= 0.3 is 0 Å². The lowest BCUT2D eigenvalue weighted by atomic mass is 10.1. The van der Waals surface area contributed by atoms with Crippen LogP contribution in [0.15, 0.2) is 63.7 Å². The van der Waals surface area contributed by atoms with Crippen LogP contribution in [0.3, 0.4) is 0 Å². The molecule has 0 atom stereocenters. The first-order valence-electron chi connectivity index (χ1n) is 9.40. The van der Waals surface area contributed by atoms with E-state index in [4.69, 9.17) is 5.73 Å². The molecule has 0 aliphatic carbocycles. The highest BCUT2D eigenvalue weighted by Crippen LogP contribution is 2.22. The van der Waals surface area contributed by atoms with Gasteiger partial charge in [-0.3, -0.25) is 4.79 Å². The second kappa shape index (κ2) is 10.9. The average Bonchev–Trinajstić information content (AvgIpc) is 2.72. The Morgan fingerprint density at radius 3 is 2.63 bits per heavy atom. The van der Waals surface area contributed by atoms with Crippen molar-refractivity contribution in [3.05, 3.63) is 69.2 Å². The molecule has 1 heterocycles. The number of nitrogen functional groups attached to an aromatic ring is 1. The summed E-state index contributed by atoms with van der Waals surface area (Å²) >= 11 is 6.84. The topological polar surface area (TPSA) is 105 Å². The van der Waals surface area contributed by atoms with Crippen LogP contribution in [-0.2, 0) is 11.2 Å². The van der Waals surface area contributed by atoms with E-state index in [1.165, 1.54) is 0 Å². The maximum absolute atomic E-state index is 12.0. The van der Waals surface area contributed by atoms with Crippen molar-refractivity contribution in [2.75, 3.05) is 29.5 Å². The third kappa shape index (κ3) is 7.00. The van der Waals surface area contributed by atoms with Gasteiger partial charge in [-0.05, 0) is 58.2 Å². The van der Waals surface area contributed by atoms with Gasteiger partial charge in [-0.15, -0.1) is 0 Å². The van der Waals surface area contributed by atoms with Crippen LogP contribution in [0.1, 0.15) is 12.0 Å². The largest absolute Gasteiger partial charge is 0.399 e. The van der Waals surface area contributed by atoms with E-state index in [0.29, 0.717) is 37.0 Å². The first-order valence-corrected chi connectivity index (χ1v) is 11.0. The molecule has 1 amide bonds. The number of hydrogen-bond acceptors (Lipinski definition) is 6. The van der Waals surface area contributed by atoms with Gasteiger partial charge in [0.1, 0.15) is 5.82 Å². The van der Waals surface area contributed by atoms with Crippen molar-refractivity contribution < 1.29 is 4.79 Å². The normalized spacial score (nSPS) is 10.5. The van der Waals surface area contributed by atoms with E-state index in [1.807, 2.05) is 48.5 Å². The Bertz CT molecular complexity index is 997. The Hall–Kier alpha value is -2.65. The quantitative estimate of drug-likeness (QED) is 0.238. The number of nitrogens with one attached hydrogen (secondary N) is 3.